The Morgan fingerprint density at radius 2 is 1.45 bits per heavy atom. The van der Waals surface area contributed by atoms with Crippen LogP contribution in [0.3, 0.4) is 0 Å². The summed E-state index contributed by atoms with van der Waals surface area (Å²) in [5, 5.41) is 17.7. The van der Waals surface area contributed by atoms with Crippen LogP contribution < -0.4 is 0 Å². The van der Waals surface area contributed by atoms with Crippen LogP contribution in [0.5, 0.6) is 0 Å². The van der Waals surface area contributed by atoms with Gasteiger partial charge in [0.15, 0.2) is 17.3 Å². The van der Waals surface area contributed by atoms with E-state index in [0.717, 1.165) is 13.8 Å². The number of allylic oxidation sites excluding steroid dienone is 1. The molecular formula is C12H12F4O4. The highest BCUT2D eigenvalue weighted by molar-refractivity contribution is 6.04. The van der Waals surface area contributed by atoms with E-state index < -0.39 is 58.9 Å². The van der Waals surface area contributed by atoms with Gasteiger partial charge in [-0.25, -0.2) is 27.2 Å². The summed E-state index contributed by atoms with van der Waals surface area (Å²) in [7, 11) is 0. The fourth-order valence-corrected chi connectivity index (χ4v) is 2.33. The van der Waals surface area contributed by atoms with Gasteiger partial charge >= 0.3 is 11.9 Å². The van der Waals surface area contributed by atoms with Gasteiger partial charge in [-0.1, -0.05) is 13.8 Å². The maximum absolute atomic E-state index is 14.8. The van der Waals surface area contributed by atoms with E-state index in [1.807, 2.05) is 0 Å². The fourth-order valence-electron chi connectivity index (χ4n) is 2.33. The molecular weight excluding hydrogens is 284 g/mol. The Kier molecular flexibility index (Phi) is 3.98. The van der Waals surface area contributed by atoms with Gasteiger partial charge in [0.1, 0.15) is 5.57 Å². The van der Waals surface area contributed by atoms with Crippen LogP contribution in [0.15, 0.2) is 22.8 Å². The molecule has 0 aromatic rings. The Balaban J connectivity index is 3.89. The van der Waals surface area contributed by atoms with Gasteiger partial charge in [0.25, 0.3) is 0 Å². The standard InChI is InChI=1S/C12H12F4O4/c1-3-11(15)6(10(19)20)5(9(17)18)7(13)8(14)12(11,16)4-2/h3-4H2,1-2H3,(H,17,18)(H,19,20). The second-order valence-electron chi connectivity index (χ2n) is 4.30. The molecule has 1 aliphatic rings. The van der Waals surface area contributed by atoms with E-state index in [-0.39, 0.29) is 0 Å². The molecule has 20 heavy (non-hydrogen) atoms. The van der Waals surface area contributed by atoms with Crippen molar-refractivity contribution in [1.29, 1.82) is 0 Å². The molecule has 1 rings (SSSR count). The zero-order valence-electron chi connectivity index (χ0n) is 10.6. The minimum atomic E-state index is -3.56. The summed E-state index contributed by atoms with van der Waals surface area (Å²) in [5.74, 6) is -8.75. The van der Waals surface area contributed by atoms with Crippen LogP contribution in [0.2, 0.25) is 0 Å². The number of hydrogen-bond acceptors (Lipinski definition) is 2. The third-order valence-corrected chi connectivity index (χ3v) is 3.44. The van der Waals surface area contributed by atoms with Gasteiger partial charge in [-0.2, -0.15) is 0 Å². The van der Waals surface area contributed by atoms with Crippen molar-refractivity contribution in [2.75, 3.05) is 0 Å². The van der Waals surface area contributed by atoms with Crippen LogP contribution in [0, 0.1) is 0 Å². The van der Waals surface area contributed by atoms with Crippen LogP contribution in [-0.2, 0) is 9.59 Å². The number of rotatable bonds is 4. The molecule has 2 N–H and O–H groups in total. The van der Waals surface area contributed by atoms with Crippen molar-refractivity contribution in [3.05, 3.63) is 22.8 Å². The van der Waals surface area contributed by atoms with E-state index in [1.165, 1.54) is 0 Å². The molecule has 0 aromatic carbocycles. The molecule has 0 spiro atoms. The zero-order valence-corrected chi connectivity index (χ0v) is 10.6. The molecule has 8 heteroatoms. The molecule has 4 nitrogen and oxygen atoms in total. The number of carboxylic acid groups (broad SMARTS) is 2. The third-order valence-electron chi connectivity index (χ3n) is 3.44. The number of hydrogen-bond donors (Lipinski definition) is 2. The highest BCUT2D eigenvalue weighted by atomic mass is 19.2. The van der Waals surface area contributed by atoms with Crippen molar-refractivity contribution in [3.8, 4) is 0 Å². The predicted molar refractivity (Wildman–Crippen MR) is 59.8 cm³/mol. The number of carbonyl (C=O) groups is 2. The Morgan fingerprint density at radius 1 is 1.00 bits per heavy atom. The lowest BCUT2D eigenvalue weighted by Gasteiger charge is -2.40. The number of aliphatic carboxylic acids is 2. The Labute approximate surface area is 111 Å². The highest BCUT2D eigenvalue weighted by Crippen LogP contribution is 2.53. The molecule has 0 saturated carbocycles. The van der Waals surface area contributed by atoms with Crippen molar-refractivity contribution >= 4 is 11.9 Å². The lowest BCUT2D eigenvalue weighted by Crippen LogP contribution is -2.54. The first-order valence-corrected chi connectivity index (χ1v) is 5.73. The predicted octanol–water partition coefficient (Wildman–Crippen LogP) is 2.85. The first-order chi connectivity index (χ1) is 9.08. The summed E-state index contributed by atoms with van der Waals surface area (Å²) in [6.45, 7) is 2.02. The van der Waals surface area contributed by atoms with Gasteiger partial charge in [0, 0.05) is 0 Å². The smallest absolute Gasteiger partial charge is 0.339 e. The highest BCUT2D eigenvalue weighted by Gasteiger charge is 2.64. The molecule has 0 radical (unpaired) electrons. The van der Waals surface area contributed by atoms with E-state index in [9.17, 15) is 27.2 Å². The van der Waals surface area contributed by atoms with Gasteiger partial charge in [-0.15, -0.1) is 0 Å². The third kappa shape index (κ3) is 1.82. The molecule has 0 fully saturated rings. The first kappa shape index (κ1) is 16.2. The molecule has 0 aliphatic heterocycles. The average Bonchev–Trinajstić information content (AvgIpc) is 2.39. The minimum Gasteiger partial charge on any atom is -0.478 e. The molecule has 0 saturated heterocycles. The van der Waals surface area contributed by atoms with Crippen LogP contribution in [0.25, 0.3) is 0 Å². The van der Waals surface area contributed by atoms with Crippen molar-refractivity contribution in [1.82, 2.24) is 0 Å². The zero-order chi connectivity index (χ0) is 15.9. The Morgan fingerprint density at radius 3 is 1.75 bits per heavy atom. The fraction of sp³-hybridized carbons (Fsp3) is 0.500. The molecule has 2 unspecified atom stereocenters. The number of carboxylic acids is 2. The molecule has 1 aliphatic carbocycles. The summed E-state index contributed by atoms with van der Waals surface area (Å²) in [6, 6.07) is 0. The van der Waals surface area contributed by atoms with Crippen LogP contribution in [0.1, 0.15) is 26.7 Å². The van der Waals surface area contributed by atoms with E-state index >= 15 is 0 Å². The molecule has 0 bridgehead atoms. The molecule has 0 amide bonds. The SMILES string of the molecule is CCC1(F)C(F)=C(F)C(C(=O)O)=C(C(=O)O)C1(F)CC. The largest absolute Gasteiger partial charge is 0.478 e. The van der Waals surface area contributed by atoms with E-state index in [2.05, 4.69) is 0 Å². The molecule has 2 atom stereocenters. The van der Waals surface area contributed by atoms with Gasteiger partial charge < -0.3 is 10.2 Å². The quantitative estimate of drug-likeness (QED) is 0.782. The van der Waals surface area contributed by atoms with E-state index in [0.29, 0.717) is 0 Å². The van der Waals surface area contributed by atoms with Gasteiger partial charge in [-0.05, 0) is 12.8 Å². The lowest BCUT2D eigenvalue weighted by molar-refractivity contribution is -0.139. The molecule has 0 heterocycles. The maximum Gasteiger partial charge on any atom is 0.339 e. The molecule has 0 aromatic heterocycles. The van der Waals surface area contributed by atoms with Gasteiger partial charge in [0.2, 0.25) is 5.67 Å². The maximum atomic E-state index is 14.8. The van der Waals surface area contributed by atoms with E-state index in [1.54, 1.807) is 0 Å². The summed E-state index contributed by atoms with van der Waals surface area (Å²) >= 11 is 0. The number of halogens is 4. The van der Waals surface area contributed by atoms with Crippen molar-refractivity contribution in [2.24, 2.45) is 0 Å². The van der Waals surface area contributed by atoms with Gasteiger partial charge in [0.05, 0.1) is 5.57 Å². The monoisotopic (exact) mass is 296 g/mol. The van der Waals surface area contributed by atoms with Gasteiger partial charge in [-0.3, -0.25) is 0 Å². The average molecular weight is 296 g/mol. The van der Waals surface area contributed by atoms with Crippen molar-refractivity contribution < 1.29 is 37.4 Å². The van der Waals surface area contributed by atoms with Crippen molar-refractivity contribution in [2.45, 2.75) is 38.0 Å². The summed E-state index contributed by atoms with van der Waals surface area (Å²) in [5.41, 5.74) is -10.3. The normalized spacial score (nSPS) is 30.7. The summed E-state index contributed by atoms with van der Waals surface area (Å²) < 4.78 is 56.7. The summed E-state index contributed by atoms with van der Waals surface area (Å²) in [6.07, 6.45) is -1.75. The second kappa shape index (κ2) is 4.92. The Bertz CT molecular complexity index is 540. The number of alkyl halides is 2. The first-order valence-electron chi connectivity index (χ1n) is 5.73. The minimum absolute atomic E-state index is 0.865. The van der Waals surface area contributed by atoms with Crippen LogP contribution >= 0.6 is 0 Å². The second-order valence-corrected chi connectivity index (χ2v) is 4.30. The Hall–Kier alpha value is -1.86. The van der Waals surface area contributed by atoms with Crippen LogP contribution in [-0.4, -0.2) is 33.5 Å². The van der Waals surface area contributed by atoms with Crippen molar-refractivity contribution in [3.63, 3.8) is 0 Å². The summed E-state index contributed by atoms with van der Waals surface area (Å²) in [4.78, 5) is 21.9. The van der Waals surface area contributed by atoms with E-state index in [4.69, 9.17) is 10.2 Å². The topological polar surface area (TPSA) is 74.6 Å². The van der Waals surface area contributed by atoms with Crippen LogP contribution in [0.4, 0.5) is 17.6 Å². The lowest BCUT2D eigenvalue weighted by atomic mass is 9.70. The molecule has 112 valence electrons.